The average Bonchev–Trinajstić information content (AvgIpc) is 3.11. The van der Waals surface area contributed by atoms with E-state index in [2.05, 4.69) is 15.3 Å². The maximum atomic E-state index is 13.3. The highest BCUT2D eigenvalue weighted by Crippen LogP contribution is 2.19. The zero-order valence-electron chi connectivity index (χ0n) is 14.3. The smallest absolute Gasteiger partial charge is 0.272 e. The molecule has 0 spiro atoms. The summed E-state index contributed by atoms with van der Waals surface area (Å²) in [6.45, 7) is 0. The van der Waals surface area contributed by atoms with Gasteiger partial charge in [0.05, 0.1) is 5.69 Å². The van der Waals surface area contributed by atoms with Crippen molar-refractivity contribution in [3.63, 3.8) is 0 Å². The zero-order valence-corrected chi connectivity index (χ0v) is 14.3. The molecule has 0 aliphatic heterocycles. The molecule has 0 unspecified atom stereocenters. The third-order valence-electron chi connectivity index (χ3n) is 4.11. The van der Waals surface area contributed by atoms with E-state index >= 15 is 0 Å². The van der Waals surface area contributed by atoms with Crippen molar-refractivity contribution in [2.45, 2.75) is 0 Å². The number of rotatable bonds is 4. The van der Waals surface area contributed by atoms with E-state index in [1.807, 2.05) is 54.6 Å². The van der Waals surface area contributed by atoms with Crippen LogP contribution in [0.1, 0.15) is 21.7 Å². The van der Waals surface area contributed by atoms with Crippen LogP contribution in [0.2, 0.25) is 0 Å². The first-order chi connectivity index (χ1) is 13.2. The minimum atomic E-state index is -0.333. The lowest BCUT2D eigenvalue weighted by atomic mass is 10.1. The third-order valence-corrected chi connectivity index (χ3v) is 4.11. The van der Waals surface area contributed by atoms with Crippen LogP contribution in [0.15, 0.2) is 72.9 Å². The Morgan fingerprint density at radius 3 is 2.78 bits per heavy atom. The van der Waals surface area contributed by atoms with Crippen LogP contribution in [-0.2, 0) is 0 Å². The van der Waals surface area contributed by atoms with E-state index in [4.69, 9.17) is 0 Å². The monoisotopic (exact) mass is 357 g/mol. The molecular formula is C22H16FN3O. The second kappa shape index (κ2) is 7.25. The summed E-state index contributed by atoms with van der Waals surface area (Å²) < 4.78 is 13.3. The van der Waals surface area contributed by atoms with Gasteiger partial charge in [0.2, 0.25) is 0 Å². The first kappa shape index (κ1) is 16.7. The standard InChI is InChI=1S/C22H16FN3O/c23-17-8-10-20-16(13-17)14-21(26-20)22(27)25-19-6-3-4-15(12-19)7-9-18-5-1-2-11-24-18/h1-14,26H,(H,25,27)/b9-7+. The Morgan fingerprint density at radius 2 is 1.93 bits per heavy atom. The van der Waals surface area contributed by atoms with Gasteiger partial charge < -0.3 is 10.3 Å². The number of amides is 1. The first-order valence-electron chi connectivity index (χ1n) is 8.46. The van der Waals surface area contributed by atoms with Crippen LogP contribution in [0.3, 0.4) is 0 Å². The zero-order chi connectivity index (χ0) is 18.6. The largest absolute Gasteiger partial charge is 0.351 e. The Morgan fingerprint density at radius 1 is 1.00 bits per heavy atom. The normalized spacial score (nSPS) is 11.1. The second-order valence-electron chi connectivity index (χ2n) is 6.08. The van der Waals surface area contributed by atoms with E-state index in [1.165, 1.54) is 12.1 Å². The number of nitrogens with zero attached hydrogens (tertiary/aromatic N) is 1. The fourth-order valence-electron chi connectivity index (χ4n) is 2.80. The summed E-state index contributed by atoms with van der Waals surface area (Å²) >= 11 is 0. The van der Waals surface area contributed by atoms with Gasteiger partial charge in [-0.1, -0.05) is 24.3 Å². The number of aromatic nitrogens is 2. The number of H-pyrrole nitrogens is 1. The summed E-state index contributed by atoms with van der Waals surface area (Å²) in [5, 5.41) is 3.52. The van der Waals surface area contributed by atoms with Crippen molar-refractivity contribution in [1.29, 1.82) is 0 Å². The molecule has 132 valence electrons. The van der Waals surface area contributed by atoms with E-state index in [0.29, 0.717) is 22.3 Å². The van der Waals surface area contributed by atoms with Crippen molar-refractivity contribution < 1.29 is 9.18 Å². The molecule has 27 heavy (non-hydrogen) atoms. The SMILES string of the molecule is O=C(Nc1cccc(/C=C/c2ccccn2)c1)c1cc2cc(F)ccc2[nH]1. The average molecular weight is 357 g/mol. The first-order valence-corrected chi connectivity index (χ1v) is 8.46. The molecule has 2 aromatic carbocycles. The van der Waals surface area contributed by atoms with Gasteiger partial charge in [-0.15, -0.1) is 0 Å². The van der Waals surface area contributed by atoms with Crippen molar-refractivity contribution in [2.75, 3.05) is 5.32 Å². The number of benzene rings is 2. The molecule has 4 rings (SSSR count). The molecule has 0 bridgehead atoms. The molecule has 4 aromatic rings. The van der Waals surface area contributed by atoms with Crippen molar-refractivity contribution >= 4 is 34.6 Å². The van der Waals surface area contributed by atoms with Gasteiger partial charge in [0.25, 0.3) is 5.91 Å². The summed E-state index contributed by atoms with van der Waals surface area (Å²) in [5.74, 6) is -0.613. The van der Waals surface area contributed by atoms with Crippen LogP contribution in [0, 0.1) is 5.82 Å². The van der Waals surface area contributed by atoms with Crippen LogP contribution in [0.5, 0.6) is 0 Å². The highest BCUT2D eigenvalue weighted by atomic mass is 19.1. The molecule has 0 saturated carbocycles. The molecule has 2 aromatic heterocycles. The summed E-state index contributed by atoms with van der Waals surface area (Å²) in [5.41, 5.74) is 3.57. The Kier molecular flexibility index (Phi) is 4.49. The predicted octanol–water partition coefficient (Wildman–Crippen LogP) is 5.12. The van der Waals surface area contributed by atoms with Crippen LogP contribution >= 0.6 is 0 Å². The summed E-state index contributed by atoms with van der Waals surface area (Å²) in [4.78, 5) is 19.7. The second-order valence-corrected chi connectivity index (χ2v) is 6.08. The topological polar surface area (TPSA) is 57.8 Å². The van der Waals surface area contributed by atoms with E-state index in [9.17, 15) is 9.18 Å². The maximum Gasteiger partial charge on any atom is 0.272 e. The third kappa shape index (κ3) is 3.93. The minimum Gasteiger partial charge on any atom is -0.351 e. The van der Waals surface area contributed by atoms with Crippen LogP contribution < -0.4 is 5.32 Å². The fraction of sp³-hybridized carbons (Fsp3) is 0. The number of hydrogen-bond donors (Lipinski definition) is 2. The van der Waals surface area contributed by atoms with Crippen molar-refractivity contribution in [3.05, 3.63) is 95.7 Å². The number of halogens is 1. The number of aromatic amines is 1. The molecular weight excluding hydrogens is 341 g/mol. The molecule has 2 heterocycles. The molecule has 0 aliphatic carbocycles. The highest BCUT2D eigenvalue weighted by Gasteiger charge is 2.10. The Labute approximate surface area is 155 Å². The molecule has 0 saturated heterocycles. The molecule has 4 nitrogen and oxygen atoms in total. The molecule has 0 aliphatic rings. The molecule has 5 heteroatoms. The quantitative estimate of drug-likeness (QED) is 0.532. The van der Waals surface area contributed by atoms with Gasteiger partial charge in [-0.25, -0.2) is 4.39 Å². The predicted molar refractivity (Wildman–Crippen MR) is 106 cm³/mol. The van der Waals surface area contributed by atoms with E-state index in [-0.39, 0.29) is 11.7 Å². The number of nitrogens with one attached hydrogen (secondary N) is 2. The van der Waals surface area contributed by atoms with E-state index in [1.54, 1.807) is 18.3 Å². The number of anilines is 1. The number of hydrogen-bond acceptors (Lipinski definition) is 2. The summed E-state index contributed by atoms with van der Waals surface area (Å²) in [7, 11) is 0. The van der Waals surface area contributed by atoms with Gasteiger partial charge in [-0.05, 0) is 60.2 Å². The minimum absolute atomic E-state index is 0.280. The van der Waals surface area contributed by atoms with Crippen molar-refractivity contribution in [2.24, 2.45) is 0 Å². The number of fused-ring (bicyclic) bond motifs is 1. The highest BCUT2D eigenvalue weighted by molar-refractivity contribution is 6.06. The lowest BCUT2D eigenvalue weighted by molar-refractivity contribution is 0.102. The van der Waals surface area contributed by atoms with Gasteiger partial charge in [0.1, 0.15) is 11.5 Å². The van der Waals surface area contributed by atoms with Gasteiger partial charge in [0, 0.05) is 22.8 Å². The Hall–Kier alpha value is -3.73. The molecule has 1 amide bonds. The lowest BCUT2D eigenvalue weighted by Crippen LogP contribution is -2.12. The Balaban J connectivity index is 1.51. The number of carbonyl (C=O) groups excluding carboxylic acids is 1. The molecule has 0 radical (unpaired) electrons. The number of carbonyl (C=O) groups is 1. The maximum absolute atomic E-state index is 13.3. The summed E-state index contributed by atoms with van der Waals surface area (Å²) in [6.07, 6.45) is 5.58. The number of pyridine rings is 1. The Bertz CT molecular complexity index is 1130. The summed E-state index contributed by atoms with van der Waals surface area (Å²) in [6, 6.07) is 19.2. The van der Waals surface area contributed by atoms with Crippen LogP contribution in [-0.4, -0.2) is 15.9 Å². The van der Waals surface area contributed by atoms with E-state index in [0.717, 1.165) is 11.3 Å². The van der Waals surface area contributed by atoms with Gasteiger partial charge >= 0.3 is 0 Å². The van der Waals surface area contributed by atoms with E-state index < -0.39 is 0 Å². The fourth-order valence-corrected chi connectivity index (χ4v) is 2.80. The van der Waals surface area contributed by atoms with Gasteiger partial charge in [-0.3, -0.25) is 9.78 Å². The van der Waals surface area contributed by atoms with Crippen molar-refractivity contribution in [1.82, 2.24) is 9.97 Å². The molecule has 2 N–H and O–H groups in total. The molecule has 0 fully saturated rings. The van der Waals surface area contributed by atoms with Gasteiger partial charge in [-0.2, -0.15) is 0 Å². The van der Waals surface area contributed by atoms with Crippen LogP contribution in [0.25, 0.3) is 23.1 Å². The lowest BCUT2D eigenvalue weighted by Gasteiger charge is -2.04. The van der Waals surface area contributed by atoms with Gasteiger partial charge in [0.15, 0.2) is 0 Å². The molecule has 0 atom stereocenters. The van der Waals surface area contributed by atoms with Crippen molar-refractivity contribution in [3.8, 4) is 0 Å². The van der Waals surface area contributed by atoms with Crippen LogP contribution in [0.4, 0.5) is 10.1 Å².